The monoisotopic (exact) mass is 490 g/mol. The van der Waals surface area contributed by atoms with Crippen molar-refractivity contribution in [1.82, 2.24) is 16.3 Å². The van der Waals surface area contributed by atoms with E-state index in [2.05, 4.69) is 21.4 Å². The molecular weight excluding hydrogens is 460 g/mol. The molecule has 0 radical (unpaired) electrons. The van der Waals surface area contributed by atoms with Gasteiger partial charge in [0.25, 0.3) is 5.91 Å². The molecule has 1 amide bonds. The Hall–Kier alpha value is -4.08. The normalized spacial score (nSPS) is 17.1. The van der Waals surface area contributed by atoms with Crippen molar-refractivity contribution in [3.63, 3.8) is 0 Å². The Morgan fingerprint density at radius 1 is 0.917 bits per heavy atom. The van der Waals surface area contributed by atoms with Crippen molar-refractivity contribution in [2.45, 2.75) is 25.1 Å². The fourth-order valence-corrected chi connectivity index (χ4v) is 3.88. The summed E-state index contributed by atoms with van der Waals surface area (Å²) < 4.78 is 22.0. The van der Waals surface area contributed by atoms with Gasteiger partial charge in [-0.05, 0) is 53.4 Å². The molecular formula is C27H30N4O5. The Balaban J connectivity index is 1.32. The number of carbonyl (C=O) groups excluding carboxylic acids is 1. The first-order valence-electron chi connectivity index (χ1n) is 11.5. The maximum absolute atomic E-state index is 12.6. The van der Waals surface area contributed by atoms with Crippen molar-refractivity contribution in [2.75, 3.05) is 21.3 Å². The number of amides is 1. The van der Waals surface area contributed by atoms with Crippen molar-refractivity contribution in [3.8, 4) is 23.0 Å². The molecule has 36 heavy (non-hydrogen) atoms. The standard InChI is InChI=1S/C27H30N4O5/c1-33-23-11-9-19(13-25(23)34-2)16-28-31-27(32)22-15-21(29-30-22)20-10-12-24(26(14-20)35-3)36-17-18-7-5-4-6-8-18/h4-14,16,21-22,29-30H,15,17H2,1-3H3,(H,31,32)/b28-16+. The average Bonchev–Trinajstić information content (AvgIpc) is 3.43. The van der Waals surface area contributed by atoms with Gasteiger partial charge in [0, 0.05) is 6.04 Å². The summed E-state index contributed by atoms with van der Waals surface area (Å²) in [4.78, 5) is 12.6. The topological polar surface area (TPSA) is 102 Å². The van der Waals surface area contributed by atoms with E-state index in [-0.39, 0.29) is 11.9 Å². The van der Waals surface area contributed by atoms with Crippen LogP contribution in [0.2, 0.25) is 0 Å². The Kier molecular flexibility index (Phi) is 8.38. The fraction of sp³-hybridized carbons (Fsp3) is 0.259. The van der Waals surface area contributed by atoms with Crippen LogP contribution in [0.4, 0.5) is 0 Å². The van der Waals surface area contributed by atoms with Gasteiger partial charge in [-0.15, -0.1) is 0 Å². The number of hydrazone groups is 1. The van der Waals surface area contributed by atoms with Gasteiger partial charge in [-0.1, -0.05) is 36.4 Å². The van der Waals surface area contributed by atoms with Crippen molar-refractivity contribution in [2.24, 2.45) is 5.10 Å². The molecule has 2 unspecified atom stereocenters. The summed E-state index contributed by atoms with van der Waals surface area (Å²) in [5.41, 5.74) is 11.6. The van der Waals surface area contributed by atoms with E-state index in [0.29, 0.717) is 36.0 Å². The van der Waals surface area contributed by atoms with Gasteiger partial charge < -0.3 is 18.9 Å². The third-order valence-electron chi connectivity index (χ3n) is 5.84. The quantitative estimate of drug-likeness (QED) is 0.296. The van der Waals surface area contributed by atoms with E-state index in [1.165, 1.54) is 0 Å². The van der Waals surface area contributed by atoms with Crippen LogP contribution < -0.4 is 35.2 Å². The van der Waals surface area contributed by atoms with E-state index >= 15 is 0 Å². The van der Waals surface area contributed by atoms with Crippen molar-refractivity contribution >= 4 is 12.1 Å². The third-order valence-corrected chi connectivity index (χ3v) is 5.84. The predicted octanol–water partition coefficient (Wildman–Crippen LogP) is 3.35. The van der Waals surface area contributed by atoms with Crippen molar-refractivity contribution in [1.29, 1.82) is 0 Å². The van der Waals surface area contributed by atoms with Gasteiger partial charge >= 0.3 is 0 Å². The second-order valence-corrected chi connectivity index (χ2v) is 8.16. The SMILES string of the molecule is COc1ccc(/C=N/NC(=O)C2CC(c3ccc(OCc4ccccc4)c(OC)c3)NN2)cc1OC. The molecule has 2 atom stereocenters. The lowest BCUT2D eigenvalue weighted by Crippen LogP contribution is -2.41. The lowest BCUT2D eigenvalue weighted by Gasteiger charge is -2.15. The van der Waals surface area contributed by atoms with Crippen LogP contribution in [0.5, 0.6) is 23.0 Å². The molecule has 1 aliphatic rings. The Morgan fingerprint density at radius 2 is 1.64 bits per heavy atom. The van der Waals surface area contributed by atoms with Crippen molar-refractivity contribution in [3.05, 3.63) is 83.4 Å². The molecule has 0 aliphatic carbocycles. The minimum absolute atomic E-state index is 0.0762. The van der Waals surface area contributed by atoms with E-state index in [1.54, 1.807) is 39.7 Å². The van der Waals surface area contributed by atoms with E-state index in [0.717, 1.165) is 16.7 Å². The van der Waals surface area contributed by atoms with Crippen LogP contribution >= 0.6 is 0 Å². The molecule has 1 saturated heterocycles. The summed E-state index contributed by atoms with van der Waals surface area (Å²) in [6, 6.07) is 20.6. The molecule has 1 heterocycles. The van der Waals surface area contributed by atoms with Gasteiger partial charge in [0.1, 0.15) is 12.6 Å². The number of hydrogen-bond donors (Lipinski definition) is 3. The van der Waals surface area contributed by atoms with Gasteiger partial charge in [0.2, 0.25) is 0 Å². The van der Waals surface area contributed by atoms with Gasteiger partial charge in [-0.25, -0.2) is 16.3 Å². The van der Waals surface area contributed by atoms with E-state index < -0.39 is 6.04 Å². The number of carbonyl (C=O) groups is 1. The highest BCUT2D eigenvalue weighted by molar-refractivity contribution is 5.85. The van der Waals surface area contributed by atoms with Gasteiger partial charge in [-0.2, -0.15) is 5.10 Å². The number of hydrogen-bond acceptors (Lipinski definition) is 8. The maximum Gasteiger partial charge on any atom is 0.258 e. The van der Waals surface area contributed by atoms with Gasteiger partial charge in [0.05, 0.1) is 27.5 Å². The molecule has 188 valence electrons. The number of hydrazine groups is 1. The number of ether oxygens (including phenoxy) is 4. The van der Waals surface area contributed by atoms with Crippen LogP contribution in [0.15, 0.2) is 71.8 Å². The van der Waals surface area contributed by atoms with Crippen LogP contribution in [-0.2, 0) is 11.4 Å². The maximum atomic E-state index is 12.6. The Labute approximate surface area is 210 Å². The van der Waals surface area contributed by atoms with Crippen LogP contribution in [-0.4, -0.2) is 39.5 Å². The molecule has 0 aromatic heterocycles. The second-order valence-electron chi connectivity index (χ2n) is 8.16. The fourth-order valence-electron chi connectivity index (χ4n) is 3.88. The lowest BCUT2D eigenvalue weighted by atomic mass is 10.0. The van der Waals surface area contributed by atoms with E-state index in [1.807, 2.05) is 54.6 Å². The zero-order chi connectivity index (χ0) is 25.3. The highest BCUT2D eigenvalue weighted by atomic mass is 16.5. The number of nitrogens with one attached hydrogen (secondary N) is 3. The number of nitrogens with zero attached hydrogens (tertiary/aromatic N) is 1. The minimum Gasteiger partial charge on any atom is -0.493 e. The molecule has 1 fully saturated rings. The minimum atomic E-state index is -0.447. The summed E-state index contributed by atoms with van der Waals surface area (Å²) in [5, 5.41) is 4.07. The first-order valence-corrected chi connectivity index (χ1v) is 11.5. The lowest BCUT2D eigenvalue weighted by molar-refractivity contribution is -0.122. The zero-order valence-corrected chi connectivity index (χ0v) is 20.5. The summed E-state index contributed by atoms with van der Waals surface area (Å²) in [5.74, 6) is 2.27. The Bertz CT molecular complexity index is 1200. The zero-order valence-electron chi connectivity index (χ0n) is 20.5. The van der Waals surface area contributed by atoms with Crippen LogP contribution in [0.25, 0.3) is 0 Å². The highest BCUT2D eigenvalue weighted by Crippen LogP contribution is 2.33. The molecule has 0 spiro atoms. The van der Waals surface area contributed by atoms with Crippen LogP contribution in [0, 0.1) is 0 Å². The average molecular weight is 491 g/mol. The van der Waals surface area contributed by atoms with Gasteiger partial charge in [-0.3, -0.25) is 4.79 Å². The molecule has 4 rings (SSSR count). The summed E-state index contributed by atoms with van der Waals surface area (Å²) in [7, 11) is 4.75. The first-order chi connectivity index (χ1) is 17.6. The smallest absolute Gasteiger partial charge is 0.258 e. The van der Waals surface area contributed by atoms with Crippen molar-refractivity contribution < 1.29 is 23.7 Å². The molecule has 3 N–H and O–H groups in total. The number of benzene rings is 3. The number of methoxy groups -OCH3 is 3. The summed E-state index contributed by atoms with van der Waals surface area (Å²) >= 11 is 0. The highest BCUT2D eigenvalue weighted by Gasteiger charge is 2.30. The van der Waals surface area contributed by atoms with Crippen LogP contribution in [0.3, 0.4) is 0 Å². The molecule has 3 aromatic rings. The molecule has 9 heteroatoms. The first kappa shape index (κ1) is 25.0. The molecule has 9 nitrogen and oxygen atoms in total. The largest absolute Gasteiger partial charge is 0.493 e. The molecule has 1 aliphatic heterocycles. The predicted molar refractivity (Wildman–Crippen MR) is 136 cm³/mol. The Morgan fingerprint density at radius 3 is 2.39 bits per heavy atom. The summed E-state index contributed by atoms with van der Waals surface area (Å²) in [6.07, 6.45) is 2.10. The van der Waals surface area contributed by atoms with Crippen LogP contribution in [0.1, 0.15) is 29.2 Å². The molecule has 0 bridgehead atoms. The third kappa shape index (κ3) is 6.12. The molecule has 3 aromatic carbocycles. The molecule has 0 saturated carbocycles. The summed E-state index contributed by atoms with van der Waals surface area (Å²) in [6.45, 7) is 0.450. The van der Waals surface area contributed by atoms with E-state index in [4.69, 9.17) is 18.9 Å². The number of rotatable bonds is 10. The van der Waals surface area contributed by atoms with E-state index in [9.17, 15) is 4.79 Å². The van der Waals surface area contributed by atoms with Gasteiger partial charge in [0.15, 0.2) is 23.0 Å². The second kappa shape index (κ2) is 12.1.